The minimum Gasteiger partial charge on any atom is -0.496 e. The Hall–Kier alpha value is -1.52. The number of rotatable bonds is 2. The summed E-state index contributed by atoms with van der Waals surface area (Å²) in [5, 5.41) is 8.11. The fourth-order valence-corrected chi connectivity index (χ4v) is 2.37. The summed E-state index contributed by atoms with van der Waals surface area (Å²) < 4.78 is 10.8. The second kappa shape index (κ2) is 4.63. The number of fused-ring (bicyclic) bond motifs is 1. The first kappa shape index (κ1) is 11.6. The smallest absolute Gasteiger partial charge is 0.128 e. The Balaban J connectivity index is 2.14. The number of nitrogens with one attached hydrogen (secondary N) is 1. The number of nitrogens with zero attached hydrogens (tertiary/aromatic N) is 1. The Labute approximate surface area is 110 Å². The Morgan fingerprint density at radius 3 is 3.17 bits per heavy atom. The molecule has 0 saturated carbocycles. The third-order valence-corrected chi connectivity index (χ3v) is 3.35. The van der Waals surface area contributed by atoms with Gasteiger partial charge >= 0.3 is 0 Å². The first-order chi connectivity index (χ1) is 8.79. The van der Waals surface area contributed by atoms with Gasteiger partial charge in [-0.2, -0.15) is 5.10 Å². The lowest BCUT2D eigenvalue weighted by atomic mass is 10.0. The van der Waals surface area contributed by atoms with Crippen LogP contribution in [0.3, 0.4) is 0 Å². The van der Waals surface area contributed by atoms with E-state index in [-0.39, 0.29) is 0 Å². The number of halogens is 1. The maximum Gasteiger partial charge on any atom is 0.128 e. The van der Waals surface area contributed by atoms with Crippen LogP contribution >= 0.6 is 11.6 Å². The zero-order valence-corrected chi connectivity index (χ0v) is 10.8. The fourth-order valence-electron chi connectivity index (χ4n) is 2.20. The van der Waals surface area contributed by atoms with Gasteiger partial charge in [0.05, 0.1) is 20.3 Å². The van der Waals surface area contributed by atoms with E-state index in [0.717, 1.165) is 41.3 Å². The lowest BCUT2D eigenvalue weighted by Crippen LogP contribution is -2.09. The molecule has 0 bridgehead atoms. The summed E-state index contributed by atoms with van der Waals surface area (Å²) in [5.74, 6) is 0.763. The van der Waals surface area contributed by atoms with Crippen molar-refractivity contribution in [3.8, 4) is 17.0 Å². The molecule has 0 spiro atoms. The van der Waals surface area contributed by atoms with Crippen LogP contribution in [-0.2, 0) is 17.8 Å². The van der Waals surface area contributed by atoms with E-state index in [9.17, 15) is 0 Å². The summed E-state index contributed by atoms with van der Waals surface area (Å²) in [5.41, 5.74) is 4.00. The molecule has 1 aliphatic rings. The third kappa shape index (κ3) is 1.87. The average molecular weight is 265 g/mol. The van der Waals surface area contributed by atoms with Crippen molar-refractivity contribution in [3.05, 3.63) is 34.5 Å². The number of H-pyrrole nitrogens is 1. The summed E-state index contributed by atoms with van der Waals surface area (Å²) in [6.45, 7) is 1.32. The first-order valence-electron chi connectivity index (χ1n) is 5.77. The molecule has 1 aromatic heterocycles. The highest BCUT2D eigenvalue weighted by atomic mass is 35.5. The van der Waals surface area contributed by atoms with Gasteiger partial charge in [-0.25, -0.2) is 0 Å². The molecular formula is C13H13ClN2O2. The van der Waals surface area contributed by atoms with Crippen LogP contribution in [0.25, 0.3) is 11.3 Å². The molecule has 0 saturated heterocycles. The molecular weight excluding hydrogens is 252 g/mol. The van der Waals surface area contributed by atoms with Crippen molar-refractivity contribution >= 4 is 11.6 Å². The van der Waals surface area contributed by atoms with Gasteiger partial charge in [0.2, 0.25) is 0 Å². The van der Waals surface area contributed by atoms with Crippen molar-refractivity contribution in [2.24, 2.45) is 0 Å². The van der Waals surface area contributed by atoms with E-state index < -0.39 is 0 Å². The number of ether oxygens (including phenoxy) is 2. The second-order valence-electron chi connectivity index (χ2n) is 4.18. The Bertz CT molecular complexity index is 580. The van der Waals surface area contributed by atoms with Gasteiger partial charge in [0.15, 0.2) is 0 Å². The predicted octanol–water partition coefficient (Wildman–Crippen LogP) is 2.81. The van der Waals surface area contributed by atoms with E-state index in [1.807, 2.05) is 12.1 Å². The van der Waals surface area contributed by atoms with Gasteiger partial charge < -0.3 is 9.47 Å². The highest BCUT2D eigenvalue weighted by Gasteiger charge is 2.20. The van der Waals surface area contributed by atoms with Crippen molar-refractivity contribution in [1.29, 1.82) is 0 Å². The lowest BCUT2D eigenvalue weighted by molar-refractivity contribution is 0.110. The van der Waals surface area contributed by atoms with Crippen LogP contribution in [0.1, 0.15) is 11.3 Å². The fraction of sp³-hybridized carbons (Fsp3) is 0.308. The van der Waals surface area contributed by atoms with Gasteiger partial charge in [-0.3, -0.25) is 5.10 Å². The van der Waals surface area contributed by atoms with Crippen molar-refractivity contribution < 1.29 is 9.47 Å². The molecule has 1 aliphatic heterocycles. The van der Waals surface area contributed by atoms with Crippen LogP contribution in [0.2, 0.25) is 5.02 Å². The molecule has 3 rings (SSSR count). The Kier molecular flexibility index (Phi) is 2.97. The maximum atomic E-state index is 6.05. The quantitative estimate of drug-likeness (QED) is 0.907. The minimum atomic E-state index is 0.580. The number of methoxy groups -OCH3 is 1. The molecule has 0 aliphatic carbocycles. The van der Waals surface area contributed by atoms with Crippen molar-refractivity contribution in [2.45, 2.75) is 13.0 Å². The molecule has 4 nitrogen and oxygen atoms in total. The van der Waals surface area contributed by atoms with Gasteiger partial charge in [0.1, 0.15) is 11.4 Å². The van der Waals surface area contributed by atoms with Crippen LogP contribution < -0.4 is 4.74 Å². The van der Waals surface area contributed by atoms with Gasteiger partial charge in [0.25, 0.3) is 0 Å². The zero-order valence-electron chi connectivity index (χ0n) is 10.00. The number of aromatic nitrogens is 2. The van der Waals surface area contributed by atoms with Crippen LogP contribution in [0.4, 0.5) is 0 Å². The molecule has 0 atom stereocenters. The van der Waals surface area contributed by atoms with Gasteiger partial charge in [-0.15, -0.1) is 0 Å². The van der Waals surface area contributed by atoms with Crippen molar-refractivity contribution in [2.75, 3.05) is 13.7 Å². The molecule has 5 heteroatoms. The van der Waals surface area contributed by atoms with Crippen LogP contribution in [0.15, 0.2) is 18.2 Å². The summed E-state index contributed by atoms with van der Waals surface area (Å²) in [6, 6.07) is 5.52. The highest BCUT2D eigenvalue weighted by molar-refractivity contribution is 6.31. The minimum absolute atomic E-state index is 0.580. The first-order valence-corrected chi connectivity index (χ1v) is 6.15. The second-order valence-corrected chi connectivity index (χ2v) is 4.61. The van der Waals surface area contributed by atoms with Crippen LogP contribution in [0, 0.1) is 0 Å². The third-order valence-electron chi connectivity index (χ3n) is 3.11. The van der Waals surface area contributed by atoms with Crippen LogP contribution in [-0.4, -0.2) is 23.9 Å². The standard InChI is InChI=1S/C13H13ClN2O2/c1-17-12-3-2-8(14)6-9(12)13-10-7-18-5-4-11(10)15-16-13/h2-3,6H,4-5,7H2,1H3,(H,15,16). The lowest BCUT2D eigenvalue weighted by Gasteiger charge is -2.13. The molecule has 0 radical (unpaired) electrons. The number of hydrogen-bond acceptors (Lipinski definition) is 3. The Morgan fingerprint density at radius 2 is 2.33 bits per heavy atom. The summed E-state index contributed by atoms with van der Waals surface area (Å²) in [4.78, 5) is 0. The molecule has 0 fully saturated rings. The monoisotopic (exact) mass is 264 g/mol. The molecule has 18 heavy (non-hydrogen) atoms. The Morgan fingerprint density at radius 1 is 1.44 bits per heavy atom. The van der Waals surface area contributed by atoms with E-state index in [4.69, 9.17) is 21.1 Å². The SMILES string of the molecule is COc1ccc(Cl)cc1-c1n[nH]c2c1COCC2. The number of aromatic amines is 1. The van der Waals surface area contributed by atoms with Gasteiger partial charge in [-0.1, -0.05) is 11.6 Å². The zero-order chi connectivity index (χ0) is 12.5. The van der Waals surface area contributed by atoms with E-state index in [1.165, 1.54) is 0 Å². The number of hydrogen-bond donors (Lipinski definition) is 1. The van der Waals surface area contributed by atoms with E-state index in [0.29, 0.717) is 11.6 Å². The maximum absolute atomic E-state index is 6.05. The normalized spacial score (nSPS) is 14.3. The van der Waals surface area contributed by atoms with Gasteiger partial charge in [-0.05, 0) is 18.2 Å². The van der Waals surface area contributed by atoms with Crippen molar-refractivity contribution in [3.63, 3.8) is 0 Å². The largest absolute Gasteiger partial charge is 0.496 e. The topological polar surface area (TPSA) is 47.1 Å². The molecule has 1 aromatic carbocycles. The molecule has 0 unspecified atom stereocenters. The number of benzene rings is 1. The molecule has 94 valence electrons. The van der Waals surface area contributed by atoms with Crippen molar-refractivity contribution in [1.82, 2.24) is 10.2 Å². The average Bonchev–Trinajstić information content (AvgIpc) is 2.82. The highest BCUT2D eigenvalue weighted by Crippen LogP contribution is 2.35. The summed E-state index contributed by atoms with van der Waals surface area (Å²) in [6.07, 6.45) is 0.866. The van der Waals surface area contributed by atoms with Gasteiger partial charge in [0, 0.05) is 28.3 Å². The van der Waals surface area contributed by atoms with E-state index in [2.05, 4.69) is 10.2 Å². The summed E-state index contributed by atoms with van der Waals surface area (Å²) in [7, 11) is 1.64. The molecule has 0 amide bonds. The summed E-state index contributed by atoms with van der Waals surface area (Å²) >= 11 is 6.05. The van der Waals surface area contributed by atoms with E-state index >= 15 is 0 Å². The van der Waals surface area contributed by atoms with Crippen LogP contribution in [0.5, 0.6) is 5.75 Å². The molecule has 2 aromatic rings. The molecule has 1 N–H and O–H groups in total. The molecule has 2 heterocycles. The van der Waals surface area contributed by atoms with E-state index in [1.54, 1.807) is 13.2 Å². The predicted molar refractivity (Wildman–Crippen MR) is 68.9 cm³/mol.